The van der Waals surface area contributed by atoms with Gasteiger partial charge in [-0.2, -0.15) is 15.0 Å². The summed E-state index contributed by atoms with van der Waals surface area (Å²) in [5, 5.41) is 0.0961. The van der Waals surface area contributed by atoms with Gasteiger partial charge in [0, 0.05) is 12.4 Å². The highest BCUT2D eigenvalue weighted by molar-refractivity contribution is 6.28. The number of aryl methyl sites for hydroxylation is 1. The highest BCUT2D eigenvalue weighted by Crippen LogP contribution is 2.13. The van der Waals surface area contributed by atoms with Crippen molar-refractivity contribution in [3.63, 3.8) is 0 Å². The van der Waals surface area contributed by atoms with Crippen molar-refractivity contribution in [1.82, 2.24) is 24.5 Å². The summed E-state index contributed by atoms with van der Waals surface area (Å²) in [5.74, 6) is 1.17. The Kier molecular flexibility index (Phi) is 3.23. The molecule has 2 rings (SSSR count). The van der Waals surface area contributed by atoms with Crippen LogP contribution in [0.4, 0.5) is 0 Å². The fourth-order valence-electron chi connectivity index (χ4n) is 1.28. The minimum atomic E-state index is -0.0230. The number of nitrogens with zero attached hydrogens (tertiary/aromatic N) is 5. The molecule has 0 spiro atoms. The number of hydrogen-bond donors (Lipinski definition) is 0. The molecule has 0 bridgehead atoms. The van der Waals surface area contributed by atoms with Crippen molar-refractivity contribution in [2.45, 2.75) is 26.9 Å². The number of rotatable bonds is 3. The molecule has 0 aromatic carbocycles. The second-order valence-corrected chi connectivity index (χ2v) is 4.04. The Labute approximate surface area is 104 Å². The van der Waals surface area contributed by atoms with Crippen LogP contribution in [0.2, 0.25) is 5.28 Å². The Morgan fingerprint density at radius 3 is 2.65 bits per heavy atom. The fraction of sp³-hybridized carbons (Fsp3) is 0.400. The van der Waals surface area contributed by atoms with E-state index < -0.39 is 0 Å². The molecule has 7 heteroatoms. The molecule has 0 saturated carbocycles. The summed E-state index contributed by atoms with van der Waals surface area (Å²) in [4.78, 5) is 16.2. The summed E-state index contributed by atoms with van der Waals surface area (Å²) >= 11 is 5.83. The number of halogens is 1. The van der Waals surface area contributed by atoms with Crippen LogP contribution in [-0.2, 0) is 0 Å². The van der Waals surface area contributed by atoms with Crippen molar-refractivity contribution in [2.75, 3.05) is 0 Å². The van der Waals surface area contributed by atoms with Crippen LogP contribution in [0.5, 0.6) is 6.01 Å². The van der Waals surface area contributed by atoms with Gasteiger partial charge >= 0.3 is 6.01 Å². The van der Waals surface area contributed by atoms with Crippen LogP contribution in [0.15, 0.2) is 12.4 Å². The maximum absolute atomic E-state index is 5.83. The summed E-state index contributed by atoms with van der Waals surface area (Å²) < 4.78 is 7.10. The smallest absolute Gasteiger partial charge is 0.322 e. The standard InChI is InChI=1S/C10H12ClN5O/c1-6(2)17-10-14-8(11)13-9(15-10)16-5-4-12-7(16)3/h4-6H,1-3H3. The Morgan fingerprint density at radius 1 is 1.29 bits per heavy atom. The first-order valence-electron chi connectivity index (χ1n) is 5.15. The largest absolute Gasteiger partial charge is 0.461 e. The molecule has 17 heavy (non-hydrogen) atoms. The van der Waals surface area contributed by atoms with Crippen LogP contribution in [-0.4, -0.2) is 30.6 Å². The van der Waals surface area contributed by atoms with Gasteiger partial charge in [-0.1, -0.05) is 0 Å². The van der Waals surface area contributed by atoms with Crippen molar-refractivity contribution in [3.8, 4) is 12.0 Å². The van der Waals surface area contributed by atoms with E-state index in [2.05, 4.69) is 19.9 Å². The van der Waals surface area contributed by atoms with Gasteiger partial charge in [0.2, 0.25) is 11.2 Å². The van der Waals surface area contributed by atoms with Crippen molar-refractivity contribution in [1.29, 1.82) is 0 Å². The average Bonchev–Trinajstić information content (AvgIpc) is 2.62. The average molecular weight is 254 g/mol. The monoisotopic (exact) mass is 253 g/mol. The molecule has 0 aliphatic carbocycles. The topological polar surface area (TPSA) is 65.7 Å². The Hall–Kier alpha value is -1.69. The van der Waals surface area contributed by atoms with E-state index >= 15 is 0 Å². The molecular formula is C10H12ClN5O. The molecule has 0 aliphatic heterocycles. The molecule has 6 nitrogen and oxygen atoms in total. The van der Waals surface area contributed by atoms with Crippen molar-refractivity contribution in [3.05, 3.63) is 23.5 Å². The van der Waals surface area contributed by atoms with E-state index in [1.165, 1.54) is 0 Å². The number of ether oxygens (including phenoxy) is 1. The molecule has 0 unspecified atom stereocenters. The summed E-state index contributed by atoms with van der Waals surface area (Å²) in [5.41, 5.74) is 0. The zero-order chi connectivity index (χ0) is 12.4. The van der Waals surface area contributed by atoms with Crippen molar-refractivity contribution < 1.29 is 4.74 Å². The van der Waals surface area contributed by atoms with Crippen molar-refractivity contribution in [2.24, 2.45) is 0 Å². The molecule has 0 saturated heterocycles. The molecule has 0 aliphatic rings. The Balaban J connectivity index is 2.42. The fourth-order valence-corrected chi connectivity index (χ4v) is 1.43. The highest BCUT2D eigenvalue weighted by Gasteiger charge is 2.10. The first-order valence-corrected chi connectivity index (χ1v) is 5.52. The zero-order valence-electron chi connectivity index (χ0n) is 9.75. The maximum atomic E-state index is 5.83. The van der Waals surface area contributed by atoms with Crippen LogP contribution in [0.25, 0.3) is 5.95 Å². The van der Waals surface area contributed by atoms with E-state index in [1.807, 2.05) is 20.8 Å². The van der Waals surface area contributed by atoms with Crippen molar-refractivity contribution >= 4 is 11.6 Å². The van der Waals surface area contributed by atoms with E-state index in [9.17, 15) is 0 Å². The molecule has 2 aromatic rings. The Morgan fingerprint density at radius 2 is 2.06 bits per heavy atom. The molecule has 0 radical (unpaired) electrons. The van der Waals surface area contributed by atoms with Crippen LogP contribution in [0, 0.1) is 6.92 Å². The van der Waals surface area contributed by atoms with Gasteiger partial charge in [0.15, 0.2) is 0 Å². The third-order valence-electron chi connectivity index (χ3n) is 1.96. The summed E-state index contributed by atoms with van der Waals surface area (Å²) in [6, 6.07) is 0.211. The van der Waals surface area contributed by atoms with E-state index in [0.717, 1.165) is 5.82 Å². The van der Waals surface area contributed by atoms with Gasteiger partial charge in [0.25, 0.3) is 0 Å². The van der Waals surface area contributed by atoms with Gasteiger partial charge < -0.3 is 4.74 Å². The van der Waals surface area contributed by atoms with Gasteiger partial charge in [-0.3, -0.25) is 4.57 Å². The molecule has 0 N–H and O–H groups in total. The SMILES string of the molecule is Cc1nccn1-c1nc(Cl)nc(OC(C)C)n1. The molecule has 0 atom stereocenters. The minimum Gasteiger partial charge on any atom is -0.461 e. The van der Waals surface area contributed by atoms with Crippen LogP contribution in [0.3, 0.4) is 0 Å². The normalized spacial score (nSPS) is 10.9. The van der Waals surface area contributed by atoms with Gasteiger partial charge in [-0.25, -0.2) is 4.98 Å². The predicted molar refractivity (Wildman–Crippen MR) is 62.5 cm³/mol. The maximum Gasteiger partial charge on any atom is 0.322 e. The third kappa shape index (κ3) is 2.71. The number of hydrogen-bond acceptors (Lipinski definition) is 5. The van der Waals surface area contributed by atoms with E-state index in [4.69, 9.17) is 16.3 Å². The molecule has 0 fully saturated rings. The quantitative estimate of drug-likeness (QED) is 0.835. The molecular weight excluding hydrogens is 242 g/mol. The lowest BCUT2D eigenvalue weighted by Gasteiger charge is -2.09. The van der Waals surface area contributed by atoms with Crippen LogP contribution >= 0.6 is 11.6 Å². The molecule has 90 valence electrons. The lowest BCUT2D eigenvalue weighted by atomic mass is 10.5. The lowest BCUT2D eigenvalue weighted by molar-refractivity contribution is 0.221. The molecule has 2 heterocycles. The van der Waals surface area contributed by atoms with Gasteiger partial charge in [0.1, 0.15) is 5.82 Å². The first kappa shape index (κ1) is 11.8. The van der Waals surface area contributed by atoms with Gasteiger partial charge in [0.05, 0.1) is 6.10 Å². The van der Waals surface area contributed by atoms with E-state index in [0.29, 0.717) is 5.95 Å². The van der Waals surface area contributed by atoms with E-state index in [1.54, 1.807) is 17.0 Å². The molecule has 0 amide bonds. The van der Waals surface area contributed by atoms with Gasteiger partial charge in [-0.15, -0.1) is 0 Å². The van der Waals surface area contributed by atoms with Crippen LogP contribution in [0.1, 0.15) is 19.7 Å². The summed E-state index contributed by atoms with van der Waals surface area (Å²) in [7, 11) is 0. The first-order chi connectivity index (χ1) is 8.06. The number of aromatic nitrogens is 5. The Bertz CT molecular complexity index is 525. The van der Waals surface area contributed by atoms with Gasteiger partial charge in [-0.05, 0) is 32.4 Å². The zero-order valence-corrected chi connectivity index (χ0v) is 10.5. The predicted octanol–water partition coefficient (Wildman–Crippen LogP) is 1.81. The van der Waals surface area contributed by atoms with Crippen LogP contribution < -0.4 is 4.74 Å². The lowest BCUT2D eigenvalue weighted by Crippen LogP contribution is -2.11. The van der Waals surface area contributed by atoms with E-state index in [-0.39, 0.29) is 17.4 Å². The molecule has 2 aromatic heterocycles. The summed E-state index contributed by atoms with van der Waals surface area (Å²) in [6.45, 7) is 5.63. The highest BCUT2D eigenvalue weighted by atomic mass is 35.5. The second kappa shape index (κ2) is 4.67. The summed E-state index contributed by atoms with van der Waals surface area (Å²) in [6.07, 6.45) is 3.39. The second-order valence-electron chi connectivity index (χ2n) is 3.70. The third-order valence-corrected chi connectivity index (χ3v) is 2.13. The minimum absolute atomic E-state index is 0.0230. The number of imidazole rings is 1.